The Morgan fingerprint density at radius 3 is 2.71 bits per heavy atom. The second-order valence-electron chi connectivity index (χ2n) is 5.86. The molecule has 0 atom stereocenters. The van der Waals surface area contributed by atoms with E-state index in [-0.39, 0.29) is 28.5 Å². The number of nitrogen functional groups attached to an aromatic ring is 1. The lowest BCUT2D eigenvalue weighted by Crippen LogP contribution is -2.17. The molecule has 2 aromatic carbocycles. The van der Waals surface area contributed by atoms with Gasteiger partial charge in [0.25, 0.3) is 11.6 Å². The van der Waals surface area contributed by atoms with Gasteiger partial charge in [-0.3, -0.25) is 14.9 Å². The topological polar surface area (TPSA) is 153 Å². The molecular weight excluding hydrogens is 467 g/mol. The van der Waals surface area contributed by atoms with Crippen LogP contribution in [0.4, 0.5) is 17.3 Å². The van der Waals surface area contributed by atoms with E-state index in [0.717, 1.165) is 16.4 Å². The van der Waals surface area contributed by atoms with Crippen LogP contribution in [0.1, 0.15) is 5.56 Å². The van der Waals surface area contributed by atoms with Crippen molar-refractivity contribution in [1.29, 1.82) is 0 Å². The van der Waals surface area contributed by atoms with Gasteiger partial charge in [-0.1, -0.05) is 35.0 Å². The summed E-state index contributed by atoms with van der Waals surface area (Å²) >= 11 is 13.0. The molecule has 0 aliphatic carbocycles. The van der Waals surface area contributed by atoms with E-state index in [0.29, 0.717) is 21.3 Å². The van der Waals surface area contributed by atoms with Gasteiger partial charge in [0.15, 0.2) is 0 Å². The number of carbonyl (C=O) groups excluding carboxylic acids is 1. The third kappa shape index (κ3) is 6.07. The lowest BCUT2D eigenvalue weighted by atomic mass is 10.2. The summed E-state index contributed by atoms with van der Waals surface area (Å²) in [6, 6.07) is 10.6. The van der Waals surface area contributed by atoms with Crippen LogP contribution < -0.4 is 16.6 Å². The van der Waals surface area contributed by atoms with E-state index in [1.54, 1.807) is 30.3 Å². The largest absolute Gasteiger partial charge is 0.334 e. The number of hydrogen-bond donors (Lipinski definition) is 3. The second kappa shape index (κ2) is 10.1. The first-order valence-corrected chi connectivity index (χ1v) is 10.2. The van der Waals surface area contributed by atoms with Crippen molar-refractivity contribution in [3.05, 3.63) is 68.2 Å². The highest BCUT2D eigenvalue weighted by Crippen LogP contribution is 2.26. The number of nitrogens with two attached hydrogens (primary N) is 1. The molecule has 0 saturated heterocycles. The van der Waals surface area contributed by atoms with Gasteiger partial charge in [0.2, 0.25) is 11.1 Å². The quantitative estimate of drug-likeness (QED) is 0.146. The van der Waals surface area contributed by atoms with Crippen molar-refractivity contribution >= 4 is 64.4 Å². The minimum Gasteiger partial charge on any atom is -0.334 e. The molecule has 1 amide bonds. The minimum absolute atomic E-state index is 0.00420. The maximum atomic E-state index is 12.1. The van der Waals surface area contributed by atoms with E-state index in [1.165, 1.54) is 18.3 Å². The average molecular weight is 481 g/mol. The van der Waals surface area contributed by atoms with Crippen LogP contribution in [0.3, 0.4) is 0 Å². The van der Waals surface area contributed by atoms with Crippen molar-refractivity contribution in [2.24, 2.45) is 5.10 Å². The normalized spacial score (nSPS) is 10.9. The fourth-order valence-corrected chi connectivity index (χ4v) is 3.20. The number of carbonyl (C=O) groups is 1. The molecule has 11 nitrogen and oxygen atoms in total. The molecule has 3 aromatic rings. The Balaban J connectivity index is 1.54. The van der Waals surface area contributed by atoms with Crippen molar-refractivity contribution < 1.29 is 9.72 Å². The van der Waals surface area contributed by atoms with E-state index in [1.807, 2.05) is 0 Å². The first-order chi connectivity index (χ1) is 14.8. The Hall–Kier alpha value is -3.35. The Bertz CT molecular complexity index is 1140. The standard InChI is InChI=1S/C17H14Cl2N8O3S/c18-11-3-6-13(19)14(7-11)22-15(28)9-31-17-25-24-16(26(17)20)23-21-8-10-1-4-12(5-2-10)27(29)30/h1-8H,9,20H2,(H,22,28)(H,23,24)/b21-8+. The maximum absolute atomic E-state index is 12.1. The summed E-state index contributed by atoms with van der Waals surface area (Å²) in [7, 11) is 0. The van der Waals surface area contributed by atoms with Gasteiger partial charge in [-0.15, -0.1) is 10.2 Å². The van der Waals surface area contributed by atoms with Crippen LogP contribution in [-0.4, -0.2) is 37.7 Å². The summed E-state index contributed by atoms with van der Waals surface area (Å²) in [5, 5.41) is 26.1. The van der Waals surface area contributed by atoms with E-state index in [9.17, 15) is 14.9 Å². The minimum atomic E-state index is -0.487. The molecule has 160 valence electrons. The predicted octanol–water partition coefficient (Wildman–Crippen LogP) is 3.38. The number of amides is 1. The number of hydrazone groups is 1. The first kappa shape index (κ1) is 22.3. The van der Waals surface area contributed by atoms with Crippen LogP contribution in [0.2, 0.25) is 10.0 Å². The molecule has 0 radical (unpaired) electrons. The van der Waals surface area contributed by atoms with E-state index in [2.05, 4.69) is 26.0 Å². The summed E-state index contributed by atoms with van der Waals surface area (Å²) in [5.41, 5.74) is 3.63. The molecule has 3 rings (SSSR count). The van der Waals surface area contributed by atoms with Crippen molar-refractivity contribution in [1.82, 2.24) is 14.9 Å². The molecule has 4 N–H and O–H groups in total. The zero-order valence-corrected chi connectivity index (χ0v) is 17.9. The number of anilines is 2. The smallest absolute Gasteiger partial charge is 0.269 e. The highest BCUT2D eigenvalue weighted by atomic mass is 35.5. The van der Waals surface area contributed by atoms with E-state index >= 15 is 0 Å². The van der Waals surface area contributed by atoms with Gasteiger partial charge in [-0.2, -0.15) is 5.10 Å². The molecule has 14 heteroatoms. The summed E-state index contributed by atoms with van der Waals surface area (Å²) < 4.78 is 1.14. The van der Waals surface area contributed by atoms with E-state index < -0.39 is 4.92 Å². The molecule has 1 heterocycles. The van der Waals surface area contributed by atoms with Gasteiger partial charge in [-0.25, -0.2) is 10.1 Å². The third-order valence-electron chi connectivity index (χ3n) is 3.68. The Morgan fingerprint density at radius 2 is 2.00 bits per heavy atom. The van der Waals surface area contributed by atoms with Crippen LogP contribution in [0.5, 0.6) is 0 Å². The molecule has 0 unspecified atom stereocenters. The zero-order chi connectivity index (χ0) is 22.4. The van der Waals surface area contributed by atoms with Gasteiger partial charge in [0.05, 0.1) is 27.6 Å². The SMILES string of the molecule is Nn1c(N/N=C/c2ccc([N+](=O)[O-])cc2)nnc1SCC(=O)Nc1cc(Cl)ccc1Cl. The van der Waals surface area contributed by atoms with Crippen molar-refractivity contribution in [2.45, 2.75) is 5.16 Å². The first-order valence-electron chi connectivity index (χ1n) is 8.45. The van der Waals surface area contributed by atoms with Crippen LogP contribution in [0.25, 0.3) is 0 Å². The van der Waals surface area contributed by atoms with Crippen LogP contribution in [0.15, 0.2) is 52.7 Å². The number of nitrogens with one attached hydrogen (secondary N) is 2. The number of aromatic nitrogens is 3. The highest BCUT2D eigenvalue weighted by molar-refractivity contribution is 7.99. The Morgan fingerprint density at radius 1 is 1.26 bits per heavy atom. The highest BCUT2D eigenvalue weighted by Gasteiger charge is 2.13. The van der Waals surface area contributed by atoms with Crippen molar-refractivity contribution in [3.8, 4) is 0 Å². The maximum Gasteiger partial charge on any atom is 0.269 e. The molecule has 0 aliphatic heterocycles. The van der Waals surface area contributed by atoms with Gasteiger partial charge >= 0.3 is 0 Å². The number of rotatable bonds is 8. The third-order valence-corrected chi connectivity index (χ3v) is 5.19. The molecule has 0 saturated carbocycles. The number of hydrogen-bond acceptors (Lipinski definition) is 9. The summed E-state index contributed by atoms with van der Waals surface area (Å²) in [6.45, 7) is 0. The van der Waals surface area contributed by atoms with Gasteiger partial charge in [0.1, 0.15) is 0 Å². The van der Waals surface area contributed by atoms with Crippen LogP contribution in [0, 0.1) is 10.1 Å². The number of halogens is 2. The number of thioether (sulfide) groups is 1. The summed E-state index contributed by atoms with van der Waals surface area (Å²) in [5.74, 6) is 5.72. The molecule has 31 heavy (non-hydrogen) atoms. The predicted molar refractivity (Wildman–Crippen MR) is 120 cm³/mol. The number of nitro benzene ring substituents is 1. The molecule has 0 aliphatic rings. The molecule has 0 fully saturated rings. The Kier molecular flexibility index (Phi) is 7.28. The number of nitro groups is 1. The number of nitrogens with zero attached hydrogens (tertiary/aromatic N) is 5. The van der Waals surface area contributed by atoms with Crippen molar-refractivity contribution in [3.63, 3.8) is 0 Å². The van der Waals surface area contributed by atoms with Gasteiger partial charge < -0.3 is 11.2 Å². The Labute approximate surface area is 189 Å². The molecule has 0 spiro atoms. The molecular formula is C17H14Cl2N8O3S. The number of non-ortho nitro benzene ring substituents is 1. The zero-order valence-electron chi connectivity index (χ0n) is 15.5. The second-order valence-corrected chi connectivity index (χ2v) is 7.64. The number of benzene rings is 2. The lowest BCUT2D eigenvalue weighted by molar-refractivity contribution is -0.384. The average Bonchev–Trinajstić information content (AvgIpc) is 3.09. The monoisotopic (exact) mass is 480 g/mol. The summed E-state index contributed by atoms with van der Waals surface area (Å²) in [4.78, 5) is 22.3. The van der Waals surface area contributed by atoms with Gasteiger partial charge in [-0.05, 0) is 35.9 Å². The van der Waals surface area contributed by atoms with E-state index in [4.69, 9.17) is 29.0 Å². The lowest BCUT2D eigenvalue weighted by Gasteiger charge is -2.07. The van der Waals surface area contributed by atoms with Crippen LogP contribution >= 0.6 is 35.0 Å². The van der Waals surface area contributed by atoms with Crippen LogP contribution in [-0.2, 0) is 4.79 Å². The van der Waals surface area contributed by atoms with Crippen molar-refractivity contribution in [2.75, 3.05) is 22.3 Å². The summed E-state index contributed by atoms with van der Waals surface area (Å²) in [6.07, 6.45) is 1.44. The fourth-order valence-electron chi connectivity index (χ4n) is 2.21. The fraction of sp³-hybridized carbons (Fsp3) is 0.0588. The van der Waals surface area contributed by atoms with Gasteiger partial charge in [0, 0.05) is 17.2 Å². The molecule has 1 aromatic heterocycles. The molecule has 0 bridgehead atoms.